The highest BCUT2D eigenvalue weighted by molar-refractivity contribution is 6.36. The number of benzene rings is 2. The summed E-state index contributed by atoms with van der Waals surface area (Å²) in [6, 6.07) is 10.9. The number of hydrogen-bond acceptors (Lipinski definition) is 4. The molecule has 6 nitrogen and oxygen atoms in total. The molecule has 3 aromatic rings. The summed E-state index contributed by atoms with van der Waals surface area (Å²) in [5.74, 6) is -0.763. The fourth-order valence-corrected chi connectivity index (χ4v) is 2.63. The molecule has 0 amide bonds. The van der Waals surface area contributed by atoms with E-state index < -0.39 is 10.7 Å². The second kappa shape index (κ2) is 5.66. The number of carbonyl (C=O) groups excluding carboxylic acids is 2. The number of non-ortho nitro benzene ring substituents is 1. The van der Waals surface area contributed by atoms with Crippen molar-refractivity contribution in [2.45, 2.75) is 0 Å². The number of nitro groups is 1. The van der Waals surface area contributed by atoms with Crippen LogP contribution in [-0.4, -0.2) is 21.6 Å². The van der Waals surface area contributed by atoms with Gasteiger partial charge in [-0.25, -0.2) is 0 Å². The highest BCUT2D eigenvalue weighted by atomic mass is 35.5. The highest BCUT2D eigenvalue weighted by Gasteiger charge is 2.20. The summed E-state index contributed by atoms with van der Waals surface area (Å²) in [5.41, 5.74) is 0.504. The summed E-state index contributed by atoms with van der Waals surface area (Å²) in [4.78, 5) is 33.4. The van der Waals surface area contributed by atoms with E-state index in [-0.39, 0.29) is 17.7 Å². The van der Waals surface area contributed by atoms with E-state index >= 15 is 0 Å². The van der Waals surface area contributed by atoms with Crippen LogP contribution in [0.25, 0.3) is 16.5 Å². The second-order valence-corrected chi connectivity index (χ2v) is 5.27. The van der Waals surface area contributed by atoms with Crippen LogP contribution in [0.2, 0.25) is 5.02 Å². The van der Waals surface area contributed by atoms with Crippen LogP contribution in [0.1, 0.15) is 10.5 Å². The molecule has 0 radical (unpaired) electrons. The van der Waals surface area contributed by atoms with Gasteiger partial charge in [-0.05, 0) is 24.3 Å². The Kier molecular flexibility index (Phi) is 3.67. The molecule has 0 aliphatic carbocycles. The summed E-state index contributed by atoms with van der Waals surface area (Å²) in [5, 5.41) is 12.4. The molecule has 0 saturated carbocycles. The number of halogens is 1. The molecule has 0 N–H and O–H groups in total. The van der Waals surface area contributed by atoms with Gasteiger partial charge in [0, 0.05) is 39.8 Å². The normalized spacial score (nSPS) is 10.7. The first-order valence-corrected chi connectivity index (χ1v) is 6.94. The SMILES string of the molecule is O=CC(=O)c1c2cc([N+](=O)[O-])ccc2cn1-c1cccc(Cl)c1. The summed E-state index contributed by atoms with van der Waals surface area (Å²) in [7, 11) is 0. The van der Waals surface area contributed by atoms with Gasteiger partial charge in [-0.15, -0.1) is 0 Å². The first kappa shape index (κ1) is 14.9. The number of aromatic nitrogens is 1. The van der Waals surface area contributed by atoms with Gasteiger partial charge in [0.2, 0.25) is 5.78 Å². The zero-order chi connectivity index (χ0) is 16.6. The van der Waals surface area contributed by atoms with Crippen molar-refractivity contribution in [3.05, 3.63) is 69.5 Å². The Bertz CT molecular complexity index is 962. The first-order valence-electron chi connectivity index (χ1n) is 6.56. The Morgan fingerprint density at radius 1 is 1.22 bits per heavy atom. The topological polar surface area (TPSA) is 82.2 Å². The van der Waals surface area contributed by atoms with Crippen molar-refractivity contribution < 1.29 is 14.5 Å². The minimum absolute atomic E-state index is 0.0703. The number of nitrogens with zero attached hydrogens (tertiary/aromatic N) is 2. The largest absolute Gasteiger partial charge is 0.312 e. The molecule has 1 aromatic heterocycles. The molecule has 0 aliphatic rings. The fourth-order valence-electron chi connectivity index (χ4n) is 2.45. The Morgan fingerprint density at radius 2 is 2.00 bits per heavy atom. The van der Waals surface area contributed by atoms with E-state index in [4.69, 9.17) is 11.6 Å². The molecule has 1 heterocycles. The summed E-state index contributed by atoms with van der Waals surface area (Å²) in [6.07, 6.45) is 1.83. The van der Waals surface area contributed by atoms with Crippen molar-refractivity contribution in [2.75, 3.05) is 0 Å². The lowest BCUT2D eigenvalue weighted by atomic mass is 10.1. The number of ketones is 1. The molecule has 0 spiro atoms. The molecule has 114 valence electrons. The summed E-state index contributed by atoms with van der Waals surface area (Å²) < 4.78 is 1.51. The third-order valence-corrected chi connectivity index (χ3v) is 3.67. The van der Waals surface area contributed by atoms with E-state index in [1.165, 1.54) is 22.8 Å². The van der Waals surface area contributed by atoms with Crippen LogP contribution in [-0.2, 0) is 4.79 Å². The van der Waals surface area contributed by atoms with Crippen LogP contribution in [0.15, 0.2) is 48.7 Å². The summed E-state index contributed by atoms with van der Waals surface area (Å²) in [6.45, 7) is 0. The number of rotatable bonds is 4. The second-order valence-electron chi connectivity index (χ2n) is 4.84. The van der Waals surface area contributed by atoms with E-state index in [9.17, 15) is 19.7 Å². The van der Waals surface area contributed by atoms with E-state index in [0.29, 0.717) is 21.5 Å². The van der Waals surface area contributed by atoms with E-state index in [1.54, 1.807) is 30.5 Å². The number of fused-ring (bicyclic) bond motifs is 1. The Labute approximate surface area is 135 Å². The smallest absolute Gasteiger partial charge is 0.270 e. The molecule has 0 unspecified atom stereocenters. The van der Waals surface area contributed by atoms with Crippen molar-refractivity contribution in [1.29, 1.82) is 0 Å². The van der Waals surface area contributed by atoms with Crippen LogP contribution >= 0.6 is 11.6 Å². The molecule has 0 bridgehead atoms. The predicted molar refractivity (Wildman–Crippen MR) is 85.3 cm³/mol. The maximum absolute atomic E-state index is 12.1. The lowest BCUT2D eigenvalue weighted by molar-refractivity contribution is -0.384. The number of hydrogen-bond donors (Lipinski definition) is 0. The molecule has 0 saturated heterocycles. The van der Waals surface area contributed by atoms with Gasteiger partial charge in [0.05, 0.1) is 4.92 Å². The fraction of sp³-hybridized carbons (Fsp3) is 0. The average Bonchev–Trinajstić information content (AvgIpc) is 2.92. The number of nitro benzene ring substituents is 1. The van der Waals surface area contributed by atoms with Crippen LogP contribution in [0.4, 0.5) is 5.69 Å². The van der Waals surface area contributed by atoms with Crippen molar-refractivity contribution in [2.24, 2.45) is 0 Å². The molecule has 3 rings (SSSR count). The van der Waals surface area contributed by atoms with Gasteiger partial charge in [-0.2, -0.15) is 0 Å². The molecule has 0 aliphatic heterocycles. The van der Waals surface area contributed by atoms with Crippen molar-refractivity contribution in [3.63, 3.8) is 0 Å². The van der Waals surface area contributed by atoms with Crippen LogP contribution in [0.5, 0.6) is 0 Å². The van der Waals surface area contributed by atoms with Crippen LogP contribution < -0.4 is 0 Å². The standard InChI is InChI=1S/C16H9ClN2O4/c17-11-2-1-3-12(6-11)18-8-10-4-5-13(19(22)23)7-14(10)16(18)15(21)9-20/h1-9H. The summed E-state index contributed by atoms with van der Waals surface area (Å²) >= 11 is 5.97. The zero-order valence-corrected chi connectivity index (χ0v) is 12.4. The van der Waals surface area contributed by atoms with Gasteiger partial charge < -0.3 is 4.57 Å². The Morgan fingerprint density at radius 3 is 2.65 bits per heavy atom. The molecule has 0 fully saturated rings. The lowest BCUT2D eigenvalue weighted by Crippen LogP contribution is -2.08. The first-order chi connectivity index (χ1) is 11.0. The van der Waals surface area contributed by atoms with Crippen molar-refractivity contribution >= 4 is 40.1 Å². The minimum atomic E-state index is -0.763. The maximum atomic E-state index is 12.1. The maximum Gasteiger partial charge on any atom is 0.270 e. The molecule has 23 heavy (non-hydrogen) atoms. The van der Waals surface area contributed by atoms with Crippen LogP contribution in [0.3, 0.4) is 0 Å². The average molecular weight is 329 g/mol. The molecular weight excluding hydrogens is 320 g/mol. The molecule has 7 heteroatoms. The third kappa shape index (κ3) is 2.60. The van der Waals surface area contributed by atoms with Gasteiger partial charge >= 0.3 is 0 Å². The zero-order valence-electron chi connectivity index (χ0n) is 11.6. The Hall–Kier alpha value is -2.99. The molecular formula is C16H9ClN2O4. The molecule has 0 atom stereocenters. The monoisotopic (exact) mass is 328 g/mol. The number of carbonyl (C=O) groups is 2. The minimum Gasteiger partial charge on any atom is -0.312 e. The van der Waals surface area contributed by atoms with Crippen LogP contribution in [0, 0.1) is 10.1 Å². The number of Topliss-reactive ketones (excluding diaryl/α,β-unsaturated/α-hetero) is 1. The lowest BCUT2D eigenvalue weighted by Gasteiger charge is -2.07. The van der Waals surface area contributed by atoms with Gasteiger partial charge in [-0.1, -0.05) is 17.7 Å². The highest BCUT2D eigenvalue weighted by Crippen LogP contribution is 2.29. The van der Waals surface area contributed by atoms with E-state index in [2.05, 4.69) is 0 Å². The van der Waals surface area contributed by atoms with Gasteiger partial charge in [0.1, 0.15) is 5.69 Å². The quantitative estimate of drug-likeness (QED) is 0.241. The number of aldehydes is 1. The van der Waals surface area contributed by atoms with E-state index in [0.717, 1.165) is 0 Å². The van der Waals surface area contributed by atoms with Crippen molar-refractivity contribution in [1.82, 2.24) is 4.57 Å². The van der Waals surface area contributed by atoms with Gasteiger partial charge in [0.15, 0.2) is 6.29 Å². The predicted octanol–water partition coefficient (Wildman–Crippen LogP) is 3.57. The van der Waals surface area contributed by atoms with Gasteiger partial charge in [-0.3, -0.25) is 19.7 Å². The van der Waals surface area contributed by atoms with Gasteiger partial charge in [0.25, 0.3) is 5.69 Å². The van der Waals surface area contributed by atoms with Crippen molar-refractivity contribution in [3.8, 4) is 5.69 Å². The molecule has 2 aromatic carbocycles. The van der Waals surface area contributed by atoms with E-state index in [1.807, 2.05) is 0 Å². The third-order valence-electron chi connectivity index (χ3n) is 3.44. The Balaban J connectivity index is 2.35.